The van der Waals surface area contributed by atoms with Crippen LogP contribution in [0, 0.1) is 0 Å². The number of aromatic hydroxyl groups is 1. The number of benzene rings is 3. The maximum absolute atomic E-state index is 13.7. The zero-order valence-electron chi connectivity index (χ0n) is 35.8. The number of nitrogens with one attached hydrogen (secondary N) is 1. The number of likely N-dealkylation sites (N-methyl/N-ethyl adjacent to an activating group) is 1. The Hall–Kier alpha value is -6.22. The fraction of sp³-hybridized carbons (Fsp3) is 0.447. The second-order valence-corrected chi connectivity index (χ2v) is 17.6. The van der Waals surface area contributed by atoms with Crippen molar-refractivity contribution < 1.29 is 28.8 Å². The number of rotatable bonds is 10. The van der Waals surface area contributed by atoms with Crippen molar-refractivity contribution in [2.75, 3.05) is 73.3 Å². The van der Waals surface area contributed by atoms with Crippen molar-refractivity contribution in [3.8, 4) is 22.8 Å². The quantitative estimate of drug-likeness (QED) is 0.153. The van der Waals surface area contributed by atoms with E-state index in [9.17, 15) is 19.5 Å². The van der Waals surface area contributed by atoms with Gasteiger partial charge in [0.2, 0.25) is 23.4 Å². The summed E-state index contributed by atoms with van der Waals surface area (Å²) in [5.41, 5.74) is 12.9. The number of nitrogens with zero attached hydrogens (tertiary/aromatic N) is 8. The van der Waals surface area contributed by atoms with Crippen LogP contribution in [0.25, 0.3) is 11.3 Å². The van der Waals surface area contributed by atoms with Gasteiger partial charge in [-0.3, -0.25) is 24.6 Å². The molecule has 15 heteroatoms. The molecule has 4 atom stereocenters. The van der Waals surface area contributed by atoms with Gasteiger partial charge in [0.15, 0.2) is 17.6 Å². The highest BCUT2D eigenvalue weighted by Gasteiger charge is 2.42. The van der Waals surface area contributed by atoms with E-state index in [1.807, 2.05) is 53.2 Å². The second-order valence-electron chi connectivity index (χ2n) is 17.6. The predicted molar refractivity (Wildman–Crippen MR) is 239 cm³/mol. The van der Waals surface area contributed by atoms with Crippen molar-refractivity contribution in [1.82, 2.24) is 25.3 Å². The number of carbonyl (C=O) groups excluding carboxylic acids is 3. The van der Waals surface area contributed by atoms with Gasteiger partial charge in [-0.2, -0.15) is 4.58 Å². The number of ether oxygens (including phenoxy) is 1. The number of phenolic OH excluding ortho intramolecular Hbond substituents is 1. The average Bonchev–Trinajstić information content (AvgIpc) is 3.52. The smallest absolute Gasteiger partial charge is 0.249 e. The zero-order chi connectivity index (χ0) is 43.1. The lowest BCUT2D eigenvalue weighted by atomic mass is 10.0. The molecule has 5 aliphatic heterocycles. The predicted octanol–water partition coefficient (Wildman–Crippen LogP) is 4.41. The highest BCUT2D eigenvalue weighted by molar-refractivity contribution is 6.01. The molecule has 62 heavy (non-hydrogen) atoms. The highest BCUT2D eigenvalue weighted by Crippen LogP contribution is 2.37. The van der Waals surface area contributed by atoms with Gasteiger partial charge in [0.05, 0.1) is 37.1 Å². The summed E-state index contributed by atoms with van der Waals surface area (Å²) in [6.07, 6.45) is 4.47. The van der Waals surface area contributed by atoms with Crippen molar-refractivity contribution in [3.63, 3.8) is 0 Å². The third-order valence-electron chi connectivity index (χ3n) is 13.4. The molecule has 0 saturated carbocycles. The van der Waals surface area contributed by atoms with Crippen LogP contribution in [-0.2, 0) is 14.4 Å². The molecule has 3 fully saturated rings. The van der Waals surface area contributed by atoms with Crippen molar-refractivity contribution in [2.45, 2.75) is 82.6 Å². The van der Waals surface area contributed by atoms with Crippen LogP contribution in [0.3, 0.4) is 0 Å². The van der Waals surface area contributed by atoms with Crippen molar-refractivity contribution in [2.24, 2.45) is 0 Å². The summed E-state index contributed by atoms with van der Waals surface area (Å²) in [7, 11) is 1.91. The third-order valence-corrected chi connectivity index (χ3v) is 13.4. The number of imide groups is 1. The number of hydrogen-bond donors (Lipinski definition) is 3. The molecule has 324 valence electrons. The van der Waals surface area contributed by atoms with E-state index < -0.39 is 0 Å². The minimum absolute atomic E-state index is 0.0318. The van der Waals surface area contributed by atoms with E-state index in [2.05, 4.69) is 79.0 Å². The molecular formula is C47H57N10O5+. The fourth-order valence-corrected chi connectivity index (χ4v) is 10.3. The number of nitrogen functional groups attached to an aromatic ring is 1. The van der Waals surface area contributed by atoms with E-state index in [0.717, 1.165) is 80.4 Å². The first-order valence-corrected chi connectivity index (χ1v) is 22.0. The first-order chi connectivity index (χ1) is 30.0. The Balaban J connectivity index is 0.775. The van der Waals surface area contributed by atoms with E-state index in [1.54, 1.807) is 12.1 Å². The number of piperazine rings is 1. The minimum atomic E-state index is -0.386. The molecule has 6 heterocycles. The summed E-state index contributed by atoms with van der Waals surface area (Å²) in [4.78, 5) is 48.9. The summed E-state index contributed by atoms with van der Waals surface area (Å²) in [5, 5.41) is 21.4. The monoisotopic (exact) mass is 841 g/mol. The molecule has 15 nitrogen and oxygen atoms in total. The largest absolute Gasteiger partial charge is 0.507 e. The number of fused-ring (bicyclic) bond motifs is 1. The van der Waals surface area contributed by atoms with Crippen molar-refractivity contribution in [3.05, 3.63) is 78.9 Å². The maximum Gasteiger partial charge on any atom is 0.249 e. The zero-order valence-corrected chi connectivity index (χ0v) is 35.8. The molecule has 0 spiro atoms. The van der Waals surface area contributed by atoms with Gasteiger partial charge in [0, 0.05) is 100 Å². The van der Waals surface area contributed by atoms with E-state index in [0.29, 0.717) is 49.6 Å². The topological polar surface area (TPSA) is 164 Å². The molecule has 3 aromatic carbocycles. The summed E-state index contributed by atoms with van der Waals surface area (Å²) in [6.45, 7) is 9.18. The molecule has 4 N–H and O–H groups in total. The van der Waals surface area contributed by atoms with Crippen LogP contribution in [0.2, 0.25) is 0 Å². The molecule has 1 aromatic heterocycles. The van der Waals surface area contributed by atoms with Crippen LogP contribution in [0.1, 0.15) is 52.4 Å². The number of anilines is 4. The molecule has 0 radical (unpaired) electrons. The number of para-hydroxylation sites is 1. The minimum Gasteiger partial charge on any atom is -0.507 e. The van der Waals surface area contributed by atoms with E-state index >= 15 is 0 Å². The molecule has 0 aliphatic carbocycles. The number of carbonyl (C=O) groups is 3. The Morgan fingerprint density at radius 2 is 1.69 bits per heavy atom. The molecule has 4 aromatic rings. The van der Waals surface area contributed by atoms with Crippen LogP contribution in [0.15, 0.2) is 78.9 Å². The number of piperidine rings is 2. The molecule has 0 unspecified atom stereocenters. The summed E-state index contributed by atoms with van der Waals surface area (Å²) in [6, 6.07) is 26.0. The molecule has 3 saturated heterocycles. The van der Waals surface area contributed by atoms with Gasteiger partial charge in [-0.05, 0) is 62.7 Å². The van der Waals surface area contributed by atoms with Gasteiger partial charge >= 0.3 is 0 Å². The van der Waals surface area contributed by atoms with Crippen LogP contribution < -0.4 is 30.5 Å². The van der Waals surface area contributed by atoms with Gasteiger partial charge in [-0.25, -0.2) is 0 Å². The Kier molecular flexibility index (Phi) is 11.5. The van der Waals surface area contributed by atoms with Crippen LogP contribution in [0.5, 0.6) is 11.5 Å². The molecule has 5 aliphatic rings. The fourth-order valence-electron chi connectivity index (χ4n) is 10.3. The Labute approximate surface area is 362 Å². The van der Waals surface area contributed by atoms with Crippen LogP contribution in [-0.4, -0.2) is 136 Å². The summed E-state index contributed by atoms with van der Waals surface area (Å²) < 4.78 is 9.05. The van der Waals surface area contributed by atoms with Gasteiger partial charge in [0.1, 0.15) is 23.6 Å². The second kappa shape index (κ2) is 17.3. The van der Waals surface area contributed by atoms with Crippen LogP contribution in [0.4, 0.5) is 28.6 Å². The lowest BCUT2D eigenvalue weighted by Gasteiger charge is -2.46. The normalized spacial score (nSPS) is 23.4. The highest BCUT2D eigenvalue weighted by atomic mass is 16.5. The summed E-state index contributed by atoms with van der Waals surface area (Å²) >= 11 is 0. The average molecular weight is 842 g/mol. The number of phenols is 1. The molecule has 2 bridgehead atoms. The Bertz CT molecular complexity index is 2370. The van der Waals surface area contributed by atoms with E-state index in [4.69, 9.17) is 10.5 Å². The maximum atomic E-state index is 13.7. The van der Waals surface area contributed by atoms with Crippen LogP contribution >= 0.6 is 0 Å². The lowest BCUT2D eigenvalue weighted by molar-refractivity contribution is -0.476. The Morgan fingerprint density at radius 3 is 2.45 bits per heavy atom. The molecule has 3 amide bonds. The number of likely N-dealkylation sites (tertiary alicyclic amines) is 1. The lowest BCUT2D eigenvalue weighted by Crippen LogP contribution is -2.59. The molecular weight excluding hydrogens is 785 g/mol. The number of amides is 3. The van der Waals surface area contributed by atoms with Crippen molar-refractivity contribution >= 4 is 52.0 Å². The van der Waals surface area contributed by atoms with Gasteiger partial charge in [0.25, 0.3) is 0 Å². The van der Waals surface area contributed by atoms with Crippen molar-refractivity contribution in [1.29, 1.82) is 0 Å². The molecule has 9 rings (SSSR count). The third kappa shape index (κ3) is 8.37. The SMILES string of the molecule is C[C@@H]1CN(CC(=O)N2CCC(Oc3cccc([N+]4=C5CC[C@H]4CN(c4cc(-c6ccccc6O)nnc4N)C5)c3)CC2)C[C@H](C)N1c1cccc(N(C)[C@H]2CCC(=O)NC2=O)c1. The Morgan fingerprint density at radius 1 is 0.919 bits per heavy atom. The standard InChI is InChI=1S/C47H56N10O5/c1-30-25-53(26-31(2)56(30)33-9-6-8-32(22-33)52(3)41-16-17-44(59)49-47(41)61)29-45(60)54-20-18-37(19-21-54)62-38-11-7-10-34(23-38)57-35-14-15-36(57)28-55(27-35)42-24-40(50-51-46(42)48)39-12-4-5-13-43(39)58/h4-13,22-24,30-31,35,37,41H,14-21,25-29H2,1-3H3,(H3-,48,49,50,51,58,59,61)/p+1/t30-,31+,35-,41-/m0/s1. The number of aromatic nitrogens is 2. The summed E-state index contributed by atoms with van der Waals surface area (Å²) in [5.74, 6) is 1.08. The first kappa shape index (κ1) is 41.1. The first-order valence-electron chi connectivity index (χ1n) is 22.0. The van der Waals surface area contributed by atoms with Gasteiger partial charge < -0.3 is 35.2 Å². The number of nitrogens with two attached hydrogens (primary N) is 1. The van der Waals surface area contributed by atoms with Gasteiger partial charge in [-0.1, -0.05) is 24.3 Å². The van der Waals surface area contributed by atoms with E-state index in [1.165, 1.54) is 5.71 Å². The van der Waals surface area contributed by atoms with E-state index in [-0.39, 0.29) is 53.7 Å². The number of hydrogen-bond acceptors (Lipinski definition) is 12. The van der Waals surface area contributed by atoms with Gasteiger partial charge in [-0.15, -0.1) is 10.2 Å².